The summed E-state index contributed by atoms with van der Waals surface area (Å²) in [6.45, 7) is 2.15. The molecule has 4 heteroatoms. The van der Waals surface area contributed by atoms with Gasteiger partial charge in [-0.1, -0.05) is 18.2 Å². The summed E-state index contributed by atoms with van der Waals surface area (Å²) in [5, 5.41) is 3.18. The first-order valence-electron chi connectivity index (χ1n) is 6.09. The minimum atomic E-state index is -0.327. The molecule has 0 aliphatic carbocycles. The van der Waals surface area contributed by atoms with Gasteiger partial charge >= 0.3 is 5.97 Å². The topological polar surface area (TPSA) is 64.3 Å². The third-order valence-electron chi connectivity index (χ3n) is 2.61. The number of nitrogen functional groups attached to an aromatic ring is 1. The Bertz CT molecular complexity index is 582. The first kappa shape index (κ1) is 13.0. The summed E-state index contributed by atoms with van der Waals surface area (Å²) in [4.78, 5) is 11.6. The normalized spacial score (nSPS) is 9.95. The van der Waals surface area contributed by atoms with Gasteiger partial charge in [0, 0.05) is 5.69 Å². The van der Waals surface area contributed by atoms with Gasteiger partial charge in [0.25, 0.3) is 0 Å². The number of esters is 1. The van der Waals surface area contributed by atoms with Gasteiger partial charge in [-0.05, 0) is 37.3 Å². The lowest BCUT2D eigenvalue weighted by Gasteiger charge is -2.10. The van der Waals surface area contributed by atoms with E-state index in [9.17, 15) is 4.79 Å². The summed E-state index contributed by atoms with van der Waals surface area (Å²) in [7, 11) is 0. The van der Waals surface area contributed by atoms with E-state index < -0.39 is 0 Å². The van der Waals surface area contributed by atoms with E-state index >= 15 is 0 Å². The summed E-state index contributed by atoms with van der Waals surface area (Å²) >= 11 is 0. The number of carbonyl (C=O) groups is 1. The Kier molecular flexibility index (Phi) is 4.03. The van der Waals surface area contributed by atoms with E-state index in [0.29, 0.717) is 17.9 Å². The standard InChI is InChI=1S/C15H16N2O2/c1-2-19-15(18)11-6-5-7-12(10-11)17-14-9-4-3-8-13(14)16/h3-10,17H,2,16H2,1H3. The van der Waals surface area contributed by atoms with Crippen molar-refractivity contribution >= 4 is 23.0 Å². The molecule has 0 heterocycles. The van der Waals surface area contributed by atoms with E-state index in [1.54, 1.807) is 25.1 Å². The molecule has 0 aromatic heterocycles. The fourth-order valence-corrected chi connectivity index (χ4v) is 1.70. The number of para-hydroxylation sites is 2. The number of hydrogen-bond donors (Lipinski definition) is 2. The predicted molar refractivity (Wildman–Crippen MR) is 76.5 cm³/mol. The van der Waals surface area contributed by atoms with Gasteiger partial charge in [-0.15, -0.1) is 0 Å². The summed E-state index contributed by atoms with van der Waals surface area (Å²) in [6, 6.07) is 14.6. The average molecular weight is 256 g/mol. The summed E-state index contributed by atoms with van der Waals surface area (Å²) < 4.78 is 4.97. The van der Waals surface area contributed by atoms with E-state index in [-0.39, 0.29) is 5.97 Å². The largest absolute Gasteiger partial charge is 0.462 e. The molecule has 4 nitrogen and oxygen atoms in total. The highest BCUT2D eigenvalue weighted by Crippen LogP contribution is 2.23. The van der Waals surface area contributed by atoms with Crippen molar-refractivity contribution < 1.29 is 9.53 Å². The van der Waals surface area contributed by atoms with Gasteiger partial charge in [0.15, 0.2) is 0 Å². The first-order valence-corrected chi connectivity index (χ1v) is 6.09. The second-order valence-corrected chi connectivity index (χ2v) is 4.01. The Morgan fingerprint density at radius 1 is 1.21 bits per heavy atom. The lowest BCUT2D eigenvalue weighted by atomic mass is 10.2. The maximum absolute atomic E-state index is 11.6. The van der Waals surface area contributed by atoms with Crippen molar-refractivity contribution in [1.29, 1.82) is 0 Å². The van der Waals surface area contributed by atoms with Gasteiger partial charge in [0.2, 0.25) is 0 Å². The van der Waals surface area contributed by atoms with Crippen molar-refractivity contribution in [3.63, 3.8) is 0 Å². The molecule has 2 aromatic rings. The number of nitrogens with two attached hydrogens (primary N) is 1. The highest BCUT2D eigenvalue weighted by atomic mass is 16.5. The maximum atomic E-state index is 11.6. The van der Waals surface area contributed by atoms with Crippen LogP contribution in [0.2, 0.25) is 0 Å². The minimum Gasteiger partial charge on any atom is -0.462 e. The monoisotopic (exact) mass is 256 g/mol. The second-order valence-electron chi connectivity index (χ2n) is 4.01. The summed E-state index contributed by atoms with van der Waals surface area (Å²) in [5.74, 6) is -0.327. The van der Waals surface area contributed by atoms with Crippen LogP contribution >= 0.6 is 0 Å². The zero-order valence-electron chi connectivity index (χ0n) is 10.7. The molecule has 19 heavy (non-hydrogen) atoms. The molecular formula is C15H16N2O2. The lowest BCUT2D eigenvalue weighted by molar-refractivity contribution is 0.0526. The fourth-order valence-electron chi connectivity index (χ4n) is 1.70. The van der Waals surface area contributed by atoms with E-state index in [2.05, 4.69) is 5.32 Å². The summed E-state index contributed by atoms with van der Waals surface area (Å²) in [6.07, 6.45) is 0. The van der Waals surface area contributed by atoms with Crippen molar-refractivity contribution in [2.24, 2.45) is 0 Å². The van der Waals surface area contributed by atoms with Crippen molar-refractivity contribution in [3.8, 4) is 0 Å². The third kappa shape index (κ3) is 3.25. The number of hydrogen-bond acceptors (Lipinski definition) is 4. The fraction of sp³-hybridized carbons (Fsp3) is 0.133. The van der Waals surface area contributed by atoms with E-state index in [1.807, 2.05) is 30.3 Å². The number of rotatable bonds is 4. The van der Waals surface area contributed by atoms with E-state index in [4.69, 9.17) is 10.5 Å². The molecule has 0 spiro atoms. The molecule has 0 radical (unpaired) electrons. The first-order chi connectivity index (χ1) is 9.20. The molecule has 0 unspecified atom stereocenters. The van der Waals surface area contributed by atoms with Gasteiger partial charge < -0.3 is 15.8 Å². The van der Waals surface area contributed by atoms with Gasteiger partial charge in [-0.25, -0.2) is 4.79 Å². The zero-order chi connectivity index (χ0) is 13.7. The van der Waals surface area contributed by atoms with Gasteiger partial charge in [-0.3, -0.25) is 0 Å². The van der Waals surface area contributed by atoms with Crippen LogP contribution in [0.3, 0.4) is 0 Å². The maximum Gasteiger partial charge on any atom is 0.338 e. The molecular weight excluding hydrogens is 240 g/mol. The van der Waals surface area contributed by atoms with Crippen LogP contribution in [0.1, 0.15) is 17.3 Å². The van der Waals surface area contributed by atoms with Crippen molar-refractivity contribution in [1.82, 2.24) is 0 Å². The summed E-state index contributed by atoms with van der Waals surface area (Å²) in [5.41, 5.74) is 8.64. The Labute approximate surface area is 112 Å². The van der Waals surface area contributed by atoms with Gasteiger partial charge in [0.1, 0.15) is 0 Å². The Hall–Kier alpha value is -2.49. The van der Waals surface area contributed by atoms with Crippen molar-refractivity contribution in [2.45, 2.75) is 6.92 Å². The molecule has 98 valence electrons. The van der Waals surface area contributed by atoms with Crippen LogP contribution < -0.4 is 11.1 Å². The molecule has 0 amide bonds. The molecule has 0 saturated heterocycles. The number of anilines is 3. The Morgan fingerprint density at radius 3 is 2.74 bits per heavy atom. The van der Waals surface area contributed by atoms with Crippen LogP contribution in [0, 0.1) is 0 Å². The third-order valence-corrected chi connectivity index (χ3v) is 2.61. The number of nitrogens with one attached hydrogen (secondary N) is 1. The van der Waals surface area contributed by atoms with Crippen LogP contribution in [0.5, 0.6) is 0 Å². The molecule has 0 fully saturated rings. The number of carbonyl (C=O) groups excluding carboxylic acids is 1. The Balaban J connectivity index is 2.20. The average Bonchev–Trinajstić information content (AvgIpc) is 2.42. The SMILES string of the molecule is CCOC(=O)c1cccc(Nc2ccccc2N)c1. The molecule has 0 aliphatic rings. The molecule has 2 rings (SSSR count). The predicted octanol–water partition coefficient (Wildman–Crippen LogP) is 3.19. The van der Waals surface area contributed by atoms with Gasteiger partial charge in [-0.2, -0.15) is 0 Å². The molecule has 0 aliphatic heterocycles. The molecule has 0 saturated carbocycles. The van der Waals surface area contributed by atoms with Crippen molar-refractivity contribution in [2.75, 3.05) is 17.7 Å². The van der Waals surface area contributed by atoms with Crippen LogP contribution in [-0.4, -0.2) is 12.6 Å². The van der Waals surface area contributed by atoms with Crippen LogP contribution in [0.25, 0.3) is 0 Å². The highest BCUT2D eigenvalue weighted by Gasteiger charge is 2.07. The van der Waals surface area contributed by atoms with Gasteiger partial charge in [0.05, 0.1) is 23.5 Å². The quantitative estimate of drug-likeness (QED) is 0.651. The van der Waals surface area contributed by atoms with Crippen LogP contribution in [-0.2, 0) is 4.74 Å². The van der Waals surface area contributed by atoms with Crippen LogP contribution in [0.15, 0.2) is 48.5 Å². The zero-order valence-corrected chi connectivity index (χ0v) is 10.7. The minimum absolute atomic E-state index is 0.327. The molecule has 0 atom stereocenters. The highest BCUT2D eigenvalue weighted by molar-refractivity contribution is 5.91. The van der Waals surface area contributed by atoms with Crippen LogP contribution in [0.4, 0.5) is 17.1 Å². The van der Waals surface area contributed by atoms with E-state index in [1.165, 1.54) is 0 Å². The van der Waals surface area contributed by atoms with E-state index in [0.717, 1.165) is 11.4 Å². The number of benzene rings is 2. The van der Waals surface area contributed by atoms with Crippen molar-refractivity contribution in [3.05, 3.63) is 54.1 Å². The molecule has 3 N–H and O–H groups in total. The second kappa shape index (κ2) is 5.91. The Morgan fingerprint density at radius 2 is 2.00 bits per heavy atom. The molecule has 2 aromatic carbocycles. The number of ether oxygens (including phenoxy) is 1. The smallest absolute Gasteiger partial charge is 0.338 e. The molecule has 0 bridgehead atoms. The lowest BCUT2D eigenvalue weighted by Crippen LogP contribution is -2.05.